The molecule has 27 heavy (non-hydrogen) atoms. The minimum Gasteiger partial charge on any atom is -0.497 e. The monoisotopic (exact) mass is 365 g/mol. The fourth-order valence-corrected chi connectivity index (χ4v) is 3.49. The first-order valence-electron chi connectivity index (χ1n) is 9.01. The van der Waals surface area contributed by atoms with Crippen molar-refractivity contribution >= 4 is 16.6 Å². The summed E-state index contributed by atoms with van der Waals surface area (Å²) < 4.78 is 14.2. The normalized spacial score (nSPS) is 14.5. The van der Waals surface area contributed by atoms with E-state index in [1.807, 2.05) is 32.0 Å². The Morgan fingerprint density at radius 1 is 1.26 bits per heavy atom. The Hall–Kier alpha value is -3.16. The summed E-state index contributed by atoms with van der Waals surface area (Å²) >= 11 is 0. The van der Waals surface area contributed by atoms with Gasteiger partial charge in [0.1, 0.15) is 23.3 Å². The van der Waals surface area contributed by atoms with Crippen LogP contribution in [0.25, 0.3) is 28.1 Å². The molecule has 1 fully saturated rings. The smallest absolute Gasteiger partial charge is 0.278 e. The molecule has 3 heterocycles. The number of fused-ring (bicyclic) bond motifs is 3. The Morgan fingerprint density at radius 3 is 2.78 bits per heavy atom. The zero-order valence-electron chi connectivity index (χ0n) is 15.3. The molecule has 5 rings (SSSR count). The third-order valence-electron chi connectivity index (χ3n) is 4.99. The first-order valence-corrected chi connectivity index (χ1v) is 9.01. The number of nitrogens with zero attached hydrogens (tertiary/aromatic N) is 5. The predicted molar refractivity (Wildman–Crippen MR) is 99.2 cm³/mol. The van der Waals surface area contributed by atoms with Crippen LogP contribution < -0.4 is 10.3 Å². The summed E-state index contributed by atoms with van der Waals surface area (Å²) in [6.07, 6.45) is 3.77. The molecule has 0 bridgehead atoms. The number of hydrogen-bond acceptors (Lipinski definition) is 6. The van der Waals surface area contributed by atoms with Gasteiger partial charge in [-0.05, 0) is 38.8 Å². The lowest BCUT2D eigenvalue weighted by Gasteiger charge is -2.16. The van der Waals surface area contributed by atoms with Gasteiger partial charge >= 0.3 is 0 Å². The second-order valence-electron chi connectivity index (χ2n) is 7.17. The van der Waals surface area contributed by atoms with Crippen molar-refractivity contribution in [3.63, 3.8) is 0 Å². The van der Waals surface area contributed by atoms with E-state index in [-0.39, 0.29) is 11.6 Å². The van der Waals surface area contributed by atoms with Gasteiger partial charge in [0.15, 0.2) is 0 Å². The van der Waals surface area contributed by atoms with Gasteiger partial charge < -0.3 is 13.8 Å². The second kappa shape index (κ2) is 5.67. The Morgan fingerprint density at radius 2 is 2.07 bits per heavy atom. The third-order valence-corrected chi connectivity index (χ3v) is 4.99. The van der Waals surface area contributed by atoms with Gasteiger partial charge in [-0.25, -0.2) is 4.98 Å². The maximum absolute atomic E-state index is 13.4. The zero-order chi connectivity index (χ0) is 18.7. The van der Waals surface area contributed by atoms with Crippen LogP contribution in [0.3, 0.4) is 0 Å². The summed E-state index contributed by atoms with van der Waals surface area (Å²) in [4.78, 5) is 22.3. The Kier molecular flexibility index (Phi) is 3.37. The van der Waals surface area contributed by atoms with Crippen molar-refractivity contribution in [3.8, 4) is 17.3 Å². The van der Waals surface area contributed by atoms with Gasteiger partial charge in [-0.15, -0.1) is 0 Å². The predicted octanol–water partition coefficient (Wildman–Crippen LogP) is 3.17. The summed E-state index contributed by atoms with van der Waals surface area (Å²) in [5.41, 5.74) is 2.41. The van der Waals surface area contributed by atoms with Crippen LogP contribution in [0.4, 0.5) is 0 Å². The zero-order valence-corrected chi connectivity index (χ0v) is 15.3. The maximum Gasteiger partial charge on any atom is 0.278 e. The number of ether oxygens (including phenoxy) is 1. The molecule has 0 aliphatic heterocycles. The highest BCUT2D eigenvalue weighted by Gasteiger charge is 2.31. The molecule has 0 N–H and O–H groups in total. The summed E-state index contributed by atoms with van der Waals surface area (Å²) in [5.74, 6) is 2.03. The fourth-order valence-electron chi connectivity index (χ4n) is 3.49. The minimum atomic E-state index is -0.143. The average Bonchev–Trinajstić information content (AvgIpc) is 3.22. The number of aromatic nitrogens is 5. The highest BCUT2D eigenvalue weighted by atomic mass is 16.5. The van der Waals surface area contributed by atoms with E-state index in [9.17, 15) is 4.79 Å². The van der Waals surface area contributed by atoms with Crippen LogP contribution in [0.1, 0.15) is 44.5 Å². The molecule has 0 amide bonds. The molecule has 4 aromatic rings. The Bertz CT molecular complexity index is 1230. The van der Waals surface area contributed by atoms with Crippen LogP contribution in [-0.2, 0) is 0 Å². The number of hydrogen-bond donors (Lipinski definition) is 0. The van der Waals surface area contributed by atoms with Crippen molar-refractivity contribution < 1.29 is 9.26 Å². The molecule has 8 heteroatoms. The molecular weight excluding hydrogens is 346 g/mol. The van der Waals surface area contributed by atoms with Gasteiger partial charge in [-0.3, -0.25) is 9.20 Å². The lowest BCUT2D eigenvalue weighted by molar-refractivity contribution is 0.380. The van der Waals surface area contributed by atoms with E-state index < -0.39 is 0 Å². The van der Waals surface area contributed by atoms with Gasteiger partial charge in [0.25, 0.3) is 5.56 Å². The third kappa shape index (κ3) is 2.36. The van der Waals surface area contributed by atoms with E-state index >= 15 is 0 Å². The van der Waals surface area contributed by atoms with Crippen molar-refractivity contribution in [3.05, 3.63) is 40.8 Å². The molecule has 0 saturated heterocycles. The van der Waals surface area contributed by atoms with E-state index in [0.717, 1.165) is 23.9 Å². The highest BCUT2D eigenvalue weighted by Crippen LogP contribution is 2.39. The molecule has 0 radical (unpaired) electrons. The molecule has 1 aliphatic carbocycles. The van der Waals surface area contributed by atoms with Gasteiger partial charge in [0.05, 0.1) is 18.1 Å². The summed E-state index contributed by atoms with van der Waals surface area (Å²) in [7, 11) is 1.61. The first kappa shape index (κ1) is 16.0. The van der Waals surface area contributed by atoms with E-state index in [0.29, 0.717) is 34.6 Å². The molecule has 1 aliphatic rings. The lowest BCUT2D eigenvalue weighted by atomic mass is 10.2. The number of benzene rings is 1. The van der Waals surface area contributed by atoms with Gasteiger partial charge in [-0.1, -0.05) is 5.16 Å². The lowest BCUT2D eigenvalue weighted by Crippen LogP contribution is -2.24. The van der Waals surface area contributed by atoms with Gasteiger partial charge in [0.2, 0.25) is 11.7 Å². The van der Waals surface area contributed by atoms with Crippen molar-refractivity contribution in [2.45, 2.75) is 38.6 Å². The first-order chi connectivity index (χ1) is 13.1. The van der Waals surface area contributed by atoms with Gasteiger partial charge in [0, 0.05) is 18.0 Å². The van der Waals surface area contributed by atoms with Crippen LogP contribution in [0.5, 0.6) is 5.75 Å². The highest BCUT2D eigenvalue weighted by molar-refractivity contribution is 5.84. The molecule has 0 spiro atoms. The van der Waals surface area contributed by atoms with Gasteiger partial charge in [-0.2, -0.15) is 4.98 Å². The molecule has 1 aromatic carbocycles. The summed E-state index contributed by atoms with van der Waals surface area (Å²) in [5, 5.41) is 4.06. The Labute approximate surface area is 154 Å². The van der Waals surface area contributed by atoms with Crippen molar-refractivity contribution in [1.82, 2.24) is 24.1 Å². The Balaban J connectivity index is 1.83. The molecular formula is C19H19N5O3. The molecule has 3 aromatic heterocycles. The number of imidazole rings is 1. The standard InChI is InChI=1S/C19H19N5O3/c1-10(2)24-14-8-12(26-3)6-7-13(14)23-9-20-15(16(23)19(24)25)17-21-18(27-22-17)11-4-5-11/h6-11H,4-5H2,1-3H3. The van der Waals surface area contributed by atoms with Crippen LogP contribution in [0.2, 0.25) is 0 Å². The molecule has 0 atom stereocenters. The molecule has 1 saturated carbocycles. The van der Waals surface area contributed by atoms with Crippen LogP contribution >= 0.6 is 0 Å². The second-order valence-corrected chi connectivity index (χ2v) is 7.17. The van der Waals surface area contributed by atoms with Crippen LogP contribution in [0, 0.1) is 0 Å². The van der Waals surface area contributed by atoms with Crippen molar-refractivity contribution in [1.29, 1.82) is 0 Å². The van der Waals surface area contributed by atoms with E-state index in [1.165, 1.54) is 0 Å². The quantitative estimate of drug-likeness (QED) is 0.552. The maximum atomic E-state index is 13.4. The van der Waals surface area contributed by atoms with E-state index in [1.54, 1.807) is 22.4 Å². The average molecular weight is 365 g/mol. The fraction of sp³-hybridized carbons (Fsp3) is 0.368. The van der Waals surface area contributed by atoms with Crippen molar-refractivity contribution in [2.24, 2.45) is 0 Å². The summed E-state index contributed by atoms with van der Waals surface area (Å²) in [6.45, 7) is 3.96. The topological polar surface area (TPSA) is 87.5 Å². The summed E-state index contributed by atoms with van der Waals surface area (Å²) in [6, 6.07) is 5.63. The molecule has 0 unspecified atom stereocenters. The van der Waals surface area contributed by atoms with E-state index in [2.05, 4.69) is 15.1 Å². The van der Waals surface area contributed by atoms with E-state index in [4.69, 9.17) is 9.26 Å². The van der Waals surface area contributed by atoms with Crippen molar-refractivity contribution in [2.75, 3.05) is 7.11 Å². The van der Waals surface area contributed by atoms with Crippen LogP contribution in [-0.4, -0.2) is 31.2 Å². The minimum absolute atomic E-state index is 0.0350. The molecule has 8 nitrogen and oxygen atoms in total. The SMILES string of the molecule is COc1ccc2c(c1)n(C(C)C)c(=O)c1c(-c3noc(C4CC4)n3)ncn12. The number of methoxy groups -OCH3 is 1. The van der Waals surface area contributed by atoms with Crippen LogP contribution in [0.15, 0.2) is 33.8 Å². The molecule has 138 valence electrons. The largest absolute Gasteiger partial charge is 0.497 e. The number of rotatable bonds is 4.